The van der Waals surface area contributed by atoms with Gasteiger partial charge in [0, 0.05) is 0 Å². The van der Waals surface area contributed by atoms with Crippen LogP contribution in [-0.2, 0) is 44.4 Å². The summed E-state index contributed by atoms with van der Waals surface area (Å²) >= 11 is 0. The highest BCUT2D eigenvalue weighted by Gasteiger charge is 2.51. The van der Waals surface area contributed by atoms with Gasteiger partial charge in [0.2, 0.25) is 5.66 Å². The van der Waals surface area contributed by atoms with Crippen molar-refractivity contribution in [2.75, 3.05) is 18.7 Å². The zero-order valence-corrected chi connectivity index (χ0v) is 25.3. The molecule has 15 heteroatoms. The van der Waals surface area contributed by atoms with Gasteiger partial charge in [0.15, 0.2) is 18.8 Å². The number of rotatable bonds is 15. The Morgan fingerprint density at radius 2 is 1.65 bits per heavy atom. The van der Waals surface area contributed by atoms with E-state index in [2.05, 4.69) is 20.0 Å². The van der Waals surface area contributed by atoms with E-state index < -0.39 is 61.1 Å². The Hall–Kier alpha value is -3.09. The molecule has 2 atom stereocenters. The molecular formula is C25H41N6O8P. The molecule has 0 bridgehead atoms. The van der Waals surface area contributed by atoms with Crippen molar-refractivity contribution in [1.29, 1.82) is 0 Å². The lowest BCUT2D eigenvalue weighted by Crippen LogP contribution is -2.51. The number of nitrogens with two attached hydrogens (primary N) is 1. The van der Waals surface area contributed by atoms with Gasteiger partial charge in [-0.2, -0.15) is 0 Å². The minimum Gasteiger partial charge on any atom is -0.464 e. The van der Waals surface area contributed by atoms with Gasteiger partial charge in [0.05, 0.1) is 37.8 Å². The number of anilines is 1. The molecule has 40 heavy (non-hydrogen) atoms. The van der Waals surface area contributed by atoms with Crippen LogP contribution in [0.25, 0.3) is 11.2 Å². The quantitative estimate of drug-likeness (QED) is 0.135. The minimum atomic E-state index is -4.25. The zero-order valence-electron chi connectivity index (χ0n) is 24.4. The molecule has 0 fully saturated rings. The summed E-state index contributed by atoms with van der Waals surface area (Å²) in [6, 6.07) is 0. The highest BCUT2D eigenvalue weighted by Crippen LogP contribution is 2.50. The monoisotopic (exact) mass is 584 g/mol. The number of nitrogens with zero attached hydrogens (tertiary/aromatic N) is 4. The van der Waals surface area contributed by atoms with Gasteiger partial charge in [0.1, 0.15) is 23.7 Å². The number of esters is 3. The highest BCUT2D eigenvalue weighted by molar-refractivity contribution is 7.64. The van der Waals surface area contributed by atoms with Gasteiger partial charge in [-0.25, -0.2) is 20.0 Å². The fraction of sp³-hybridized carbons (Fsp3) is 0.680. The van der Waals surface area contributed by atoms with E-state index in [4.69, 9.17) is 24.7 Å². The van der Waals surface area contributed by atoms with E-state index >= 15 is 0 Å². The maximum Gasteiger partial charge on any atom is 0.329 e. The van der Waals surface area contributed by atoms with Crippen LogP contribution in [0.4, 0.5) is 5.82 Å². The van der Waals surface area contributed by atoms with E-state index in [1.807, 2.05) is 6.92 Å². The Morgan fingerprint density at radius 1 is 1.05 bits per heavy atom. The van der Waals surface area contributed by atoms with E-state index in [1.54, 1.807) is 39.2 Å². The summed E-state index contributed by atoms with van der Waals surface area (Å²) in [5, 5.41) is 2.74. The second kappa shape index (κ2) is 14.0. The maximum absolute atomic E-state index is 14.6. The van der Waals surface area contributed by atoms with Crippen LogP contribution in [0, 0.1) is 0 Å². The molecule has 0 saturated heterocycles. The van der Waals surface area contributed by atoms with Gasteiger partial charge >= 0.3 is 17.9 Å². The number of aromatic nitrogens is 4. The van der Waals surface area contributed by atoms with Crippen molar-refractivity contribution in [1.82, 2.24) is 24.6 Å². The van der Waals surface area contributed by atoms with Crippen LogP contribution in [0.3, 0.4) is 0 Å². The molecule has 0 spiro atoms. The average Bonchev–Trinajstić information content (AvgIpc) is 3.23. The second-order valence-electron chi connectivity index (χ2n) is 10.5. The summed E-state index contributed by atoms with van der Waals surface area (Å²) in [4.78, 5) is 51.5. The van der Waals surface area contributed by atoms with Gasteiger partial charge in [-0.1, -0.05) is 6.92 Å². The molecule has 2 aromatic heterocycles. The predicted octanol–water partition coefficient (Wildman–Crippen LogP) is 2.64. The molecule has 0 saturated carbocycles. The number of nitrogens with one attached hydrogen (secondary N) is 1. The molecule has 2 aromatic rings. The summed E-state index contributed by atoms with van der Waals surface area (Å²) < 4.78 is 38.1. The standard InChI is InChI=1S/C25H41N6O8P/c1-9-10-36-24(34)25(7,8)30-40(35,19(22(32)38-15(2)3)23(33)39-16(4)5)14-37-17(6)11-31-13-29-18-20(26)27-12-28-21(18)31/h12-13,15-17,19H,9-11,14H2,1-8H3,(H,30,35)(H2,26,27,28)/t17?,40-/m0/s1. The normalized spacial score (nSPS) is 14.4. The van der Waals surface area contributed by atoms with Gasteiger partial charge in [0.25, 0.3) is 0 Å². The molecule has 0 aliphatic rings. The number of hydrogen-bond donors (Lipinski definition) is 2. The van der Waals surface area contributed by atoms with Crippen LogP contribution >= 0.6 is 7.29 Å². The first-order valence-corrected chi connectivity index (χ1v) is 15.1. The third-order valence-corrected chi connectivity index (χ3v) is 8.14. The maximum atomic E-state index is 14.6. The SMILES string of the molecule is CCCOC(=O)C(C)(C)N[P@](=O)(COC(C)Cn1cnc2c(N)ncnc21)C(C(=O)OC(C)C)C(=O)OC(C)C. The zero-order chi connectivity index (χ0) is 30.3. The first kappa shape index (κ1) is 33.1. The molecule has 2 heterocycles. The van der Waals surface area contributed by atoms with Crippen molar-refractivity contribution in [3.8, 4) is 0 Å². The molecule has 0 aliphatic heterocycles. The van der Waals surface area contributed by atoms with Crippen molar-refractivity contribution >= 4 is 42.2 Å². The number of fused-ring (bicyclic) bond motifs is 1. The number of hydrogen-bond acceptors (Lipinski definition) is 12. The fourth-order valence-corrected chi connectivity index (χ4v) is 6.35. The molecule has 0 aliphatic carbocycles. The molecule has 0 radical (unpaired) electrons. The average molecular weight is 585 g/mol. The van der Waals surface area contributed by atoms with Crippen LogP contribution in [-0.4, -0.2) is 79.9 Å². The van der Waals surface area contributed by atoms with E-state index in [-0.39, 0.29) is 19.0 Å². The summed E-state index contributed by atoms with van der Waals surface area (Å²) in [6.07, 6.45) is 0.968. The molecule has 224 valence electrons. The molecule has 1 unspecified atom stereocenters. The molecule has 14 nitrogen and oxygen atoms in total. The van der Waals surface area contributed by atoms with Crippen LogP contribution in [0.1, 0.15) is 61.8 Å². The molecular weight excluding hydrogens is 543 g/mol. The summed E-state index contributed by atoms with van der Waals surface area (Å²) in [6.45, 7) is 13.2. The van der Waals surface area contributed by atoms with Crippen LogP contribution in [0.15, 0.2) is 12.7 Å². The van der Waals surface area contributed by atoms with Crippen molar-refractivity contribution in [2.24, 2.45) is 0 Å². The minimum absolute atomic E-state index is 0.142. The predicted molar refractivity (Wildman–Crippen MR) is 147 cm³/mol. The lowest BCUT2D eigenvalue weighted by Gasteiger charge is -2.34. The van der Waals surface area contributed by atoms with Gasteiger partial charge in [-0.3, -0.25) is 14.4 Å². The Kier molecular flexibility index (Phi) is 11.6. The molecule has 0 aromatic carbocycles. The van der Waals surface area contributed by atoms with Crippen molar-refractivity contribution in [3.63, 3.8) is 0 Å². The van der Waals surface area contributed by atoms with E-state index in [0.717, 1.165) is 0 Å². The summed E-state index contributed by atoms with van der Waals surface area (Å²) in [5.74, 6) is -2.60. The third-order valence-electron chi connectivity index (χ3n) is 5.42. The van der Waals surface area contributed by atoms with Crippen molar-refractivity contribution in [3.05, 3.63) is 12.7 Å². The number of nitrogen functional groups attached to an aromatic ring is 1. The lowest BCUT2D eigenvalue weighted by atomic mass is 10.1. The van der Waals surface area contributed by atoms with E-state index in [9.17, 15) is 18.9 Å². The number of imidazole rings is 1. The highest BCUT2D eigenvalue weighted by atomic mass is 31.2. The second-order valence-corrected chi connectivity index (χ2v) is 13.1. The van der Waals surface area contributed by atoms with Crippen LogP contribution in [0.2, 0.25) is 0 Å². The Balaban J connectivity index is 2.41. The van der Waals surface area contributed by atoms with Crippen LogP contribution in [0.5, 0.6) is 0 Å². The lowest BCUT2D eigenvalue weighted by molar-refractivity contribution is -0.158. The fourth-order valence-electron chi connectivity index (χ4n) is 3.70. The molecule has 2 rings (SSSR count). The molecule has 0 amide bonds. The van der Waals surface area contributed by atoms with Crippen LogP contribution < -0.4 is 10.8 Å². The largest absolute Gasteiger partial charge is 0.464 e. The summed E-state index contributed by atoms with van der Waals surface area (Å²) in [5.41, 5.74) is 3.30. The Labute approximate surface area is 234 Å². The van der Waals surface area contributed by atoms with Crippen molar-refractivity contribution < 1.29 is 37.9 Å². The Morgan fingerprint density at radius 3 is 2.20 bits per heavy atom. The number of carbonyl (C=O) groups excluding carboxylic acids is 3. The van der Waals surface area contributed by atoms with E-state index in [0.29, 0.717) is 17.6 Å². The smallest absolute Gasteiger partial charge is 0.329 e. The van der Waals surface area contributed by atoms with Crippen molar-refractivity contribution in [2.45, 2.75) is 97.9 Å². The number of carbonyl (C=O) groups is 3. The van der Waals surface area contributed by atoms with Gasteiger partial charge < -0.3 is 33.8 Å². The van der Waals surface area contributed by atoms with E-state index in [1.165, 1.54) is 26.5 Å². The van der Waals surface area contributed by atoms with Gasteiger partial charge in [-0.05, 0) is 54.9 Å². The molecule has 3 N–H and O–H groups in total. The Bertz CT molecular complexity index is 1210. The third kappa shape index (κ3) is 8.70. The number of ether oxygens (including phenoxy) is 4. The first-order chi connectivity index (χ1) is 18.6. The first-order valence-electron chi connectivity index (χ1n) is 13.1. The topological polar surface area (TPSA) is 187 Å². The summed E-state index contributed by atoms with van der Waals surface area (Å²) in [7, 11) is -4.25. The van der Waals surface area contributed by atoms with Gasteiger partial charge in [-0.15, -0.1) is 0 Å².